The summed E-state index contributed by atoms with van der Waals surface area (Å²) in [6.07, 6.45) is 2.47. The summed E-state index contributed by atoms with van der Waals surface area (Å²) < 4.78 is 4.37. The fourth-order valence-corrected chi connectivity index (χ4v) is 2.94. The number of rotatable bonds is 1. The summed E-state index contributed by atoms with van der Waals surface area (Å²) in [6.45, 7) is 2.27. The van der Waals surface area contributed by atoms with Crippen LogP contribution in [-0.4, -0.2) is 9.55 Å². The van der Waals surface area contributed by atoms with Gasteiger partial charge in [-0.2, -0.15) is 0 Å². The van der Waals surface area contributed by atoms with Gasteiger partial charge in [-0.25, -0.2) is 0 Å². The van der Waals surface area contributed by atoms with Crippen molar-refractivity contribution in [1.82, 2.24) is 9.55 Å². The second-order valence-electron chi connectivity index (χ2n) is 4.42. The Kier molecular flexibility index (Phi) is 2.01. The number of H-pyrrole nitrogens is 1. The van der Waals surface area contributed by atoms with Gasteiger partial charge in [-0.1, -0.05) is 0 Å². The Labute approximate surface area is 107 Å². The highest BCUT2D eigenvalue weighted by Gasteiger charge is 2.40. The first-order valence-electron chi connectivity index (χ1n) is 5.01. The van der Waals surface area contributed by atoms with Crippen molar-refractivity contribution in [3.8, 4) is 0 Å². The van der Waals surface area contributed by atoms with Crippen LogP contribution in [-0.2, 0) is 5.54 Å². The van der Waals surface area contributed by atoms with Gasteiger partial charge in [0.25, 0.3) is 0 Å². The molecule has 0 amide bonds. The molecule has 78 valence electrons. The predicted molar refractivity (Wildman–Crippen MR) is 72.7 cm³/mol. The SMILES string of the molecule is CC1(n2c(=S)[nH]c3cc(I)ccc32)CC1. The van der Waals surface area contributed by atoms with Crippen molar-refractivity contribution in [2.45, 2.75) is 25.3 Å². The highest BCUT2D eigenvalue weighted by molar-refractivity contribution is 14.1. The average Bonchev–Trinajstić information content (AvgIpc) is 2.79. The van der Waals surface area contributed by atoms with E-state index in [1.54, 1.807) is 0 Å². The van der Waals surface area contributed by atoms with Crippen LogP contribution in [0.1, 0.15) is 19.8 Å². The molecule has 0 unspecified atom stereocenters. The van der Waals surface area contributed by atoms with Gasteiger partial charge in [0, 0.05) is 9.11 Å². The summed E-state index contributed by atoms with van der Waals surface area (Å²) in [5.74, 6) is 0. The molecule has 1 aliphatic rings. The highest BCUT2D eigenvalue weighted by atomic mass is 127. The molecule has 0 spiro atoms. The maximum absolute atomic E-state index is 5.39. The number of fused-ring (bicyclic) bond motifs is 1. The first-order chi connectivity index (χ1) is 7.10. The molecule has 0 bridgehead atoms. The number of benzene rings is 1. The molecule has 4 heteroatoms. The quantitative estimate of drug-likeness (QED) is 0.623. The number of aromatic amines is 1. The van der Waals surface area contributed by atoms with Crippen molar-refractivity contribution in [2.24, 2.45) is 0 Å². The maximum Gasteiger partial charge on any atom is 0.178 e. The van der Waals surface area contributed by atoms with Gasteiger partial charge in [0.15, 0.2) is 4.77 Å². The standard InChI is InChI=1S/C11H11IN2S/c1-11(4-5-11)14-9-3-2-7(12)6-8(9)13-10(14)15/h2-3,6H,4-5H2,1H3,(H,13,15). The van der Waals surface area contributed by atoms with Crippen molar-refractivity contribution in [1.29, 1.82) is 0 Å². The largest absolute Gasteiger partial charge is 0.331 e. The Morgan fingerprint density at radius 2 is 2.20 bits per heavy atom. The van der Waals surface area contributed by atoms with Gasteiger partial charge in [0.2, 0.25) is 0 Å². The van der Waals surface area contributed by atoms with Crippen LogP contribution in [0.5, 0.6) is 0 Å². The average molecular weight is 330 g/mol. The van der Waals surface area contributed by atoms with E-state index in [1.165, 1.54) is 21.9 Å². The zero-order chi connectivity index (χ0) is 10.6. The number of nitrogens with one attached hydrogen (secondary N) is 1. The molecule has 3 rings (SSSR count). The molecule has 1 fully saturated rings. The molecule has 0 radical (unpaired) electrons. The van der Waals surface area contributed by atoms with Crippen LogP contribution in [0.3, 0.4) is 0 Å². The summed E-state index contributed by atoms with van der Waals surface area (Å²) >= 11 is 7.71. The molecule has 1 aromatic carbocycles. The molecule has 1 saturated carbocycles. The molecule has 1 aliphatic carbocycles. The molecule has 15 heavy (non-hydrogen) atoms. The first-order valence-corrected chi connectivity index (χ1v) is 6.50. The Bertz CT molecular complexity index is 592. The minimum atomic E-state index is 0.266. The van der Waals surface area contributed by atoms with E-state index >= 15 is 0 Å². The summed E-state index contributed by atoms with van der Waals surface area (Å²) in [6, 6.07) is 6.44. The van der Waals surface area contributed by atoms with Crippen LogP contribution in [0.4, 0.5) is 0 Å². The fourth-order valence-electron chi connectivity index (χ4n) is 2.02. The summed E-state index contributed by atoms with van der Waals surface area (Å²) in [5, 5.41) is 0. The van der Waals surface area contributed by atoms with E-state index in [0.717, 1.165) is 10.3 Å². The second kappa shape index (κ2) is 3.07. The Hall–Kier alpha value is -0.360. The van der Waals surface area contributed by atoms with Crippen molar-refractivity contribution in [3.63, 3.8) is 0 Å². The molecule has 0 atom stereocenters. The summed E-state index contributed by atoms with van der Waals surface area (Å²) in [4.78, 5) is 3.29. The Morgan fingerprint density at radius 1 is 1.47 bits per heavy atom. The topological polar surface area (TPSA) is 20.7 Å². The Morgan fingerprint density at radius 3 is 2.87 bits per heavy atom. The molecule has 1 aromatic heterocycles. The van der Waals surface area contributed by atoms with Crippen molar-refractivity contribution < 1.29 is 0 Å². The molecular weight excluding hydrogens is 319 g/mol. The molecule has 0 saturated heterocycles. The normalized spacial score (nSPS) is 18.3. The van der Waals surface area contributed by atoms with Crippen LogP contribution >= 0.6 is 34.8 Å². The predicted octanol–water partition coefficient (Wildman–Crippen LogP) is 3.81. The third-order valence-corrected chi connectivity index (χ3v) is 4.11. The smallest absolute Gasteiger partial charge is 0.178 e. The molecule has 1 heterocycles. The molecular formula is C11H11IN2S. The minimum absolute atomic E-state index is 0.266. The summed E-state index contributed by atoms with van der Waals surface area (Å²) in [7, 11) is 0. The molecule has 0 aliphatic heterocycles. The van der Waals surface area contributed by atoms with Gasteiger partial charge in [-0.15, -0.1) is 0 Å². The van der Waals surface area contributed by atoms with E-state index in [9.17, 15) is 0 Å². The lowest BCUT2D eigenvalue weighted by atomic mass is 10.2. The molecule has 2 aromatic rings. The van der Waals surface area contributed by atoms with E-state index in [0.29, 0.717) is 0 Å². The lowest BCUT2D eigenvalue weighted by molar-refractivity contribution is 0.541. The van der Waals surface area contributed by atoms with Gasteiger partial charge in [-0.3, -0.25) is 0 Å². The monoisotopic (exact) mass is 330 g/mol. The number of hydrogen-bond donors (Lipinski definition) is 1. The zero-order valence-electron chi connectivity index (χ0n) is 8.38. The Balaban J connectivity index is 2.38. The lowest BCUT2D eigenvalue weighted by Crippen LogP contribution is -2.11. The number of nitrogens with zero attached hydrogens (tertiary/aromatic N) is 1. The van der Waals surface area contributed by atoms with Gasteiger partial charge in [-0.05, 0) is 72.8 Å². The number of imidazole rings is 1. The lowest BCUT2D eigenvalue weighted by Gasteiger charge is -2.11. The number of hydrogen-bond acceptors (Lipinski definition) is 1. The highest BCUT2D eigenvalue weighted by Crippen LogP contribution is 2.44. The van der Waals surface area contributed by atoms with Crippen LogP contribution in [0.2, 0.25) is 0 Å². The van der Waals surface area contributed by atoms with Gasteiger partial charge in [0.05, 0.1) is 11.0 Å². The van der Waals surface area contributed by atoms with Crippen molar-refractivity contribution in [2.75, 3.05) is 0 Å². The first kappa shape index (κ1) is 9.84. The van der Waals surface area contributed by atoms with Crippen molar-refractivity contribution in [3.05, 3.63) is 26.5 Å². The second-order valence-corrected chi connectivity index (χ2v) is 6.06. The van der Waals surface area contributed by atoms with Crippen LogP contribution in [0, 0.1) is 8.34 Å². The van der Waals surface area contributed by atoms with Crippen LogP contribution in [0.15, 0.2) is 18.2 Å². The number of aromatic nitrogens is 2. The van der Waals surface area contributed by atoms with E-state index in [-0.39, 0.29) is 5.54 Å². The van der Waals surface area contributed by atoms with E-state index < -0.39 is 0 Å². The minimum Gasteiger partial charge on any atom is -0.331 e. The summed E-state index contributed by atoms with van der Waals surface area (Å²) in [5.41, 5.74) is 2.66. The third kappa shape index (κ3) is 1.45. The zero-order valence-corrected chi connectivity index (χ0v) is 11.4. The van der Waals surface area contributed by atoms with E-state index in [2.05, 4.69) is 57.3 Å². The third-order valence-electron chi connectivity index (χ3n) is 3.16. The van der Waals surface area contributed by atoms with E-state index in [4.69, 9.17) is 12.2 Å². The number of halogens is 1. The van der Waals surface area contributed by atoms with Gasteiger partial charge >= 0.3 is 0 Å². The van der Waals surface area contributed by atoms with Crippen LogP contribution < -0.4 is 0 Å². The van der Waals surface area contributed by atoms with Gasteiger partial charge < -0.3 is 9.55 Å². The van der Waals surface area contributed by atoms with Crippen molar-refractivity contribution >= 4 is 45.8 Å². The van der Waals surface area contributed by atoms with E-state index in [1.807, 2.05) is 0 Å². The molecule has 1 N–H and O–H groups in total. The van der Waals surface area contributed by atoms with Crippen LogP contribution in [0.25, 0.3) is 11.0 Å². The fraction of sp³-hybridized carbons (Fsp3) is 0.364. The maximum atomic E-state index is 5.39. The molecule has 2 nitrogen and oxygen atoms in total. The van der Waals surface area contributed by atoms with Gasteiger partial charge in [0.1, 0.15) is 0 Å².